The molecule has 0 bridgehead atoms. The summed E-state index contributed by atoms with van der Waals surface area (Å²) in [6, 6.07) is 16.5. The molecule has 0 aromatic heterocycles. The lowest BCUT2D eigenvalue weighted by atomic mass is 10.1. The first-order chi connectivity index (χ1) is 11.1. The van der Waals surface area contributed by atoms with Crippen molar-refractivity contribution >= 4 is 5.71 Å². The first kappa shape index (κ1) is 16.7. The highest BCUT2D eigenvalue weighted by Crippen LogP contribution is 2.19. The second-order valence-electron chi connectivity index (χ2n) is 5.50. The Morgan fingerprint density at radius 1 is 1.22 bits per heavy atom. The molecular formula is C19H19FN2O. The molecule has 0 saturated heterocycles. The Hall–Kier alpha value is -2.67. The van der Waals surface area contributed by atoms with Crippen LogP contribution >= 0.6 is 0 Å². The molecule has 4 heteroatoms. The molecule has 0 saturated carbocycles. The van der Waals surface area contributed by atoms with E-state index in [0.29, 0.717) is 23.6 Å². The van der Waals surface area contributed by atoms with E-state index in [1.54, 1.807) is 12.1 Å². The summed E-state index contributed by atoms with van der Waals surface area (Å²) in [4.78, 5) is 4.17. The molecule has 0 amide bonds. The number of hydrogen-bond donors (Lipinski definition) is 0. The second kappa shape index (κ2) is 8.09. The number of halogens is 1. The molecule has 2 aromatic carbocycles. The van der Waals surface area contributed by atoms with Crippen LogP contribution in [0, 0.1) is 23.1 Å². The van der Waals surface area contributed by atoms with E-state index >= 15 is 0 Å². The van der Waals surface area contributed by atoms with Gasteiger partial charge >= 0.3 is 0 Å². The van der Waals surface area contributed by atoms with E-state index < -0.39 is 0 Å². The van der Waals surface area contributed by atoms with Crippen molar-refractivity contribution in [2.45, 2.75) is 27.0 Å². The summed E-state index contributed by atoms with van der Waals surface area (Å²) in [6.45, 7) is 4.33. The minimum Gasteiger partial charge on any atom is -0.489 e. The van der Waals surface area contributed by atoms with Gasteiger partial charge in [0.15, 0.2) is 0 Å². The summed E-state index contributed by atoms with van der Waals surface area (Å²) in [5.41, 5.74) is 1.90. The van der Waals surface area contributed by atoms with Crippen molar-refractivity contribution in [3.8, 4) is 11.8 Å². The highest BCUT2D eigenvalue weighted by atomic mass is 19.1. The predicted octanol–water partition coefficient (Wildman–Crippen LogP) is 4.53. The molecule has 0 aliphatic carbocycles. The summed E-state index contributed by atoms with van der Waals surface area (Å²) >= 11 is 0. The second-order valence-corrected chi connectivity index (χ2v) is 5.50. The van der Waals surface area contributed by atoms with E-state index in [-0.39, 0.29) is 18.3 Å². The summed E-state index contributed by atoms with van der Waals surface area (Å²) in [5.74, 6) is 0.139. The fourth-order valence-corrected chi connectivity index (χ4v) is 2.00. The van der Waals surface area contributed by atoms with Crippen molar-refractivity contribution in [3.63, 3.8) is 0 Å². The van der Waals surface area contributed by atoms with E-state index in [9.17, 15) is 4.39 Å². The maximum absolute atomic E-state index is 14.1. The number of rotatable bonds is 6. The third kappa shape index (κ3) is 4.93. The summed E-state index contributed by atoms with van der Waals surface area (Å²) in [7, 11) is 0. The van der Waals surface area contributed by atoms with Crippen LogP contribution < -0.4 is 4.74 Å². The van der Waals surface area contributed by atoms with Gasteiger partial charge in [0.2, 0.25) is 0 Å². The number of ether oxygens (including phenoxy) is 1. The average molecular weight is 310 g/mol. The van der Waals surface area contributed by atoms with Crippen LogP contribution in [0.3, 0.4) is 0 Å². The molecule has 0 aliphatic rings. The Balaban J connectivity index is 2.02. The zero-order valence-corrected chi connectivity index (χ0v) is 13.3. The molecule has 0 atom stereocenters. The van der Waals surface area contributed by atoms with Crippen molar-refractivity contribution in [1.82, 2.24) is 0 Å². The molecule has 0 radical (unpaired) electrons. The number of hydrogen-bond acceptors (Lipinski definition) is 3. The van der Waals surface area contributed by atoms with Gasteiger partial charge in [-0.15, -0.1) is 0 Å². The molecule has 118 valence electrons. The normalized spacial score (nSPS) is 11.3. The Morgan fingerprint density at radius 2 is 1.96 bits per heavy atom. The van der Waals surface area contributed by atoms with Crippen LogP contribution in [0.15, 0.2) is 53.5 Å². The third-order valence-electron chi connectivity index (χ3n) is 3.35. The molecule has 3 nitrogen and oxygen atoms in total. The van der Waals surface area contributed by atoms with Gasteiger partial charge in [-0.05, 0) is 11.6 Å². The Bertz CT molecular complexity index is 718. The smallest absolute Gasteiger partial charge is 0.131 e. The monoisotopic (exact) mass is 310 g/mol. The van der Waals surface area contributed by atoms with E-state index in [1.807, 2.05) is 50.2 Å². The standard InChI is InChI=1S/C19H19FN2O/c1-14(2)19(11-21)22-12-16-8-9-17(10-18(16)20)23-13-15-6-4-3-5-7-15/h3-10,14H,12-13H2,1-2H3. The van der Waals surface area contributed by atoms with Gasteiger partial charge in [-0.1, -0.05) is 50.2 Å². The van der Waals surface area contributed by atoms with Gasteiger partial charge in [-0.2, -0.15) is 5.26 Å². The molecule has 2 rings (SSSR count). The molecule has 23 heavy (non-hydrogen) atoms. The zero-order valence-electron chi connectivity index (χ0n) is 13.3. The summed E-state index contributed by atoms with van der Waals surface area (Å²) in [5, 5.41) is 8.97. The van der Waals surface area contributed by atoms with E-state index in [2.05, 4.69) is 4.99 Å². The Morgan fingerprint density at radius 3 is 2.57 bits per heavy atom. The SMILES string of the molecule is CC(C)C(C#N)=NCc1ccc(OCc2ccccc2)cc1F. The number of aliphatic imine (C=N–C) groups is 1. The average Bonchev–Trinajstić information content (AvgIpc) is 2.55. The van der Waals surface area contributed by atoms with Gasteiger partial charge in [0.05, 0.1) is 6.54 Å². The Labute approximate surface area is 136 Å². The van der Waals surface area contributed by atoms with Gasteiger partial charge in [-0.3, -0.25) is 4.99 Å². The number of nitrogens with zero attached hydrogens (tertiary/aromatic N) is 2. The molecule has 0 fully saturated rings. The fraction of sp³-hybridized carbons (Fsp3) is 0.263. The molecule has 0 spiro atoms. The van der Waals surface area contributed by atoms with Crippen LogP contribution in [0.1, 0.15) is 25.0 Å². The van der Waals surface area contributed by atoms with Crippen LogP contribution in [0.5, 0.6) is 5.75 Å². The maximum Gasteiger partial charge on any atom is 0.131 e. The van der Waals surface area contributed by atoms with Gasteiger partial charge in [0, 0.05) is 17.5 Å². The first-order valence-electron chi connectivity index (χ1n) is 7.49. The summed E-state index contributed by atoms with van der Waals surface area (Å²) in [6.07, 6.45) is 0. The van der Waals surface area contributed by atoms with Crippen LogP contribution in [-0.4, -0.2) is 5.71 Å². The quantitative estimate of drug-likeness (QED) is 0.736. The Kier molecular flexibility index (Phi) is 5.87. The maximum atomic E-state index is 14.1. The van der Waals surface area contributed by atoms with Crippen LogP contribution in [0.2, 0.25) is 0 Å². The van der Waals surface area contributed by atoms with E-state index in [0.717, 1.165) is 5.56 Å². The van der Waals surface area contributed by atoms with Gasteiger partial charge in [0.25, 0.3) is 0 Å². The first-order valence-corrected chi connectivity index (χ1v) is 7.49. The van der Waals surface area contributed by atoms with Gasteiger partial charge in [0.1, 0.15) is 30.0 Å². The van der Waals surface area contributed by atoms with E-state index in [4.69, 9.17) is 10.00 Å². The molecular weight excluding hydrogens is 291 g/mol. The van der Waals surface area contributed by atoms with Gasteiger partial charge < -0.3 is 4.74 Å². The molecule has 0 N–H and O–H groups in total. The topological polar surface area (TPSA) is 45.4 Å². The van der Waals surface area contributed by atoms with Crippen LogP contribution in [0.25, 0.3) is 0 Å². The molecule has 0 aliphatic heterocycles. The highest BCUT2D eigenvalue weighted by Gasteiger charge is 2.07. The van der Waals surface area contributed by atoms with Crippen molar-refractivity contribution in [2.75, 3.05) is 0 Å². The lowest BCUT2D eigenvalue weighted by Crippen LogP contribution is -2.05. The minimum atomic E-state index is -0.375. The molecule has 0 unspecified atom stereocenters. The van der Waals surface area contributed by atoms with Crippen molar-refractivity contribution in [1.29, 1.82) is 5.26 Å². The van der Waals surface area contributed by atoms with E-state index in [1.165, 1.54) is 6.07 Å². The lowest BCUT2D eigenvalue weighted by molar-refractivity contribution is 0.304. The van der Waals surface area contributed by atoms with Crippen LogP contribution in [0.4, 0.5) is 4.39 Å². The minimum absolute atomic E-state index is 0.0385. The van der Waals surface area contributed by atoms with Crippen molar-refractivity contribution in [2.24, 2.45) is 10.9 Å². The van der Waals surface area contributed by atoms with Crippen molar-refractivity contribution < 1.29 is 9.13 Å². The van der Waals surface area contributed by atoms with Crippen molar-refractivity contribution in [3.05, 3.63) is 65.5 Å². The largest absolute Gasteiger partial charge is 0.489 e. The summed E-state index contributed by atoms with van der Waals surface area (Å²) < 4.78 is 19.7. The van der Waals surface area contributed by atoms with Crippen LogP contribution in [-0.2, 0) is 13.2 Å². The lowest BCUT2D eigenvalue weighted by Gasteiger charge is -2.08. The predicted molar refractivity (Wildman–Crippen MR) is 88.8 cm³/mol. The van der Waals surface area contributed by atoms with Gasteiger partial charge in [-0.25, -0.2) is 4.39 Å². The third-order valence-corrected chi connectivity index (χ3v) is 3.35. The molecule has 2 aromatic rings. The highest BCUT2D eigenvalue weighted by molar-refractivity contribution is 5.99. The number of nitriles is 1. The molecule has 0 heterocycles. The fourth-order valence-electron chi connectivity index (χ4n) is 2.00. The zero-order chi connectivity index (χ0) is 16.7. The number of benzene rings is 2.